The number of hydrogen-bond donors (Lipinski definition) is 0. The Kier molecular flexibility index (Phi) is 4.40. The number of aromatic nitrogens is 3. The highest BCUT2D eigenvalue weighted by molar-refractivity contribution is 5.95. The molecule has 0 fully saturated rings. The number of carbonyl (C=O) groups excluding carboxylic acids is 1. The molecule has 0 radical (unpaired) electrons. The van der Waals surface area contributed by atoms with E-state index in [1.165, 1.54) is 0 Å². The van der Waals surface area contributed by atoms with E-state index in [4.69, 9.17) is 0 Å². The van der Waals surface area contributed by atoms with Gasteiger partial charge >= 0.3 is 6.18 Å². The zero-order valence-corrected chi connectivity index (χ0v) is 11.4. The van der Waals surface area contributed by atoms with Crippen LogP contribution in [-0.2, 0) is 19.1 Å². The fourth-order valence-corrected chi connectivity index (χ4v) is 1.91. The lowest BCUT2D eigenvalue weighted by molar-refractivity contribution is -0.137. The largest absolute Gasteiger partial charge is 0.417 e. The molecular weight excluding hydrogens is 283 g/mol. The second-order valence-corrected chi connectivity index (χ2v) is 4.57. The summed E-state index contributed by atoms with van der Waals surface area (Å²) in [6.07, 6.45) is 0.504. The summed E-state index contributed by atoms with van der Waals surface area (Å²) >= 11 is 0. The van der Waals surface area contributed by atoms with Gasteiger partial charge in [-0.05, 0) is 18.6 Å². The van der Waals surface area contributed by atoms with Crippen LogP contribution in [0.4, 0.5) is 13.2 Å². The van der Waals surface area contributed by atoms with Gasteiger partial charge in [-0.2, -0.15) is 13.2 Å². The van der Waals surface area contributed by atoms with Crippen LogP contribution in [0.25, 0.3) is 0 Å². The third-order valence-electron chi connectivity index (χ3n) is 2.96. The molecule has 4 nitrogen and oxygen atoms in total. The van der Waals surface area contributed by atoms with Crippen LogP contribution in [0.3, 0.4) is 0 Å². The van der Waals surface area contributed by atoms with Crippen LogP contribution in [0.5, 0.6) is 0 Å². The van der Waals surface area contributed by atoms with E-state index in [1.54, 1.807) is 12.4 Å². The molecule has 0 atom stereocenters. The summed E-state index contributed by atoms with van der Waals surface area (Å²) in [5.74, 6) is 0.232. The fraction of sp³-hybridized carbons (Fsp3) is 0.357. The summed E-state index contributed by atoms with van der Waals surface area (Å²) in [7, 11) is 0. The zero-order valence-electron chi connectivity index (χ0n) is 11.4. The molecule has 0 saturated heterocycles. The number of pyridine rings is 1. The Morgan fingerprint density at radius 3 is 2.62 bits per heavy atom. The predicted octanol–water partition coefficient (Wildman–Crippen LogP) is 3.13. The summed E-state index contributed by atoms with van der Waals surface area (Å²) in [5, 5.41) is 0. The lowest BCUT2D eigenvalue weighted by atomic mass is 10.1. The first-order valence-corrected chi connectivity index (χ1v) is 6.48. The van der Waals surface area contributed by atoms with E-state index in [9.17, 15) is 18.0 Å². The minimum atomic E-state index is -4.45. The van der Waals surface area contributed by atoms with Gasteiger partial charge < -0.3 is 4.57 Å². The third kappa shape index (κ3) is 3.68. The Hall–Kier alpha value is -2.18. The van der Waals surface area contributed by atoms with E-state index in [2.05, 4.69) is 9.97 Å². The standard InChI is InChI=1S/C14H14F3N3O/c1-2-6-20-7-5-18-13(20)8-12(21)11-4-3-10(9-19-11)14(15,16)17/h3-5,7,9H,2,6,8H2,1H3. The van der Waals surface area contributed by atoms with Gasteiger partial charge in [-0.15, -0.1) is 0 Å². The van der Waals surface area contributed by atoms with E-state index in [0.29, 0.717) is 12.0 Å². The molecule has 21 heavy (non-hydrogen) atoms. The minimum Gasteiger partial charge on any atom is -0.335 e. The number of ketones is 1. The van der Waals surface area contributed by atoms with E-state index in [-0.39, 0.29) is 17.9 Å². The average molecular weight is 297 g/mol. The quantitative estimate of drug-likeness (QED) is 0.797. The molecule has 0 aromatic carbocycles. The number of hydrogen-bond acceptors (Lipinski definition) is 3. The first-order chi connectivity index (χ1) is 9.91. The van der Waals surface area contributed by atoms with E-state index in [1.807, 2.05) is 11.5 Å². The van der Waals surface area contributed by atoms with Crippen molar-refractivity contribution in [2.45, 2.75) is 32.5 Å². The molecule has 112 valence electrons. The fourth-order valence-electron chi connectivity index (χ4n) is 1.91. The maximum atomic E-state index is 12.4. The maximum Gasteiger partial charge on any atom is 0.417 e. The Morgan fingerprint density at radius 2 is 2.05 bits per heavy atom. The molecular formula is C14H14F3N3O. The van der Waals surface area contributed by atoms with Crippen molar-refractivity contribution in [2.24, 2.45) is 0 Å². The molecule has 0 aliphatic heterocycles. The Balaban J connectivity index is 2.11. The number of imidazole rings is 1. The summed E-state index contributed by atoms with van der Waals surface area (Å²) < 4.78 is 39.1. The Bertz CT molecular complexity index is 617. The van der Waals surface area contributed by atoms with Crippen molar-refractivity contribution in [2.75, 3.05) is 0 Å². The van der Waals surface area contributed by atoms with Crippen LogP contribution in [0.1, 0.15) is 35.2 Å². The number of Topliss-reactive ketones (excluding diaryl/α,β-unsaturated/α-hetero) is 1. The van der Waals surface area contributed by atoms with E-state index in [0.717, 1.165) is 25.1 Å². The molecule has 0 bridgehead atoms. The van der Waals surface area contributed by atoms with Crippen molar-refractivity contribution in [1.29, 1.82) is 0 Å². The first-order valence-electron chi connectivity index (χ1n) is 6.48. The Labute approximate surface area is 119 Å². The molecule has 2 rings (SSSR count). The zero-order chi connectivity index (χ0) is 15.5. The van der Waals surface area contributed by atoms with Crippen LogP contribution < -0.4 is 0 Å². The monoisotopic (exact) mass is 297 g/mol. The lowest BCUT2D eigenvalue weighted by Crippen LogP contribution is -2.12. The predicted molar refractivity (Wildman–Crippen MR) is 69.8 cm³/mol. The van der Waals surface area contributed by atoms with Crippen LogP contribution in [0.2, 0.25) is 0 Å². The van der Waals surface area contributed by atoms with Crippen molar-refractivity contribution >= 4 is 5.78 Å². The highest BCUT2D eigenvalue weighted by Gasteiger charge is 2.30. The second kappa shape index (κ2) is 6.07. The van der Waals surface area contributed by atoms with Crippen LogP contribution in [0, 0.1) is 0 Å². The molecule has 0 N–H and O–H groups in total. The van der Waals surface area contributed by atoms with Crippen LogP contribution in [-0.4, -0.2) is 20.3 Å². The van der Waals surface area contributed by atoms with Gasteiger partial charge in [0.1, 0.15) is 11.5 Å². The average Bonchev–Trinajstić information content (AvgIpc) is 2.86. The summed E-state index contributed by atoms with van der Waals surface area (Å²) in [6, 6.07) is 1.96. The van der Waals surface area contributed by atoms with Crippen LogP contribution >= 0.6 is 0 Å². The van der Waals surface area contributed by atoms with Crippen molar-refractivity contribution in [1.82, 2.24) is 14.5 Å². The van der Waals surface area contributed by atoms with E-state index < -0.39 is 11.7 Å². The molecule has 0 spiro atoms. The lowest BCUT2D eigenvalue weighted by Gasteiger charge is -2.07. The van der Waals surface area contributed by atoms with Crippen molar-refractivity contribution < 1.29 is 18.0 Å². The highest BCUT2D eigenvalue weighted by Crippen LogP contribution is 2.28. The third-order valence-corrected chi connectivity index (χ3v) is 2.96. The molecule has 0 unspecified atom stereocenters. The minimum absolute atomic E-state index is 0.00838. The number of alkyl halides is 3. The number of carbonyl (C=O) groups is 1. The number of nitrogens with zero attached hydrogens (tertiary/aromatic N) is 3. The van der Waals surface area contributed by atoms with Gasteiger partial charge in [0.25, 0.3) is 0 Å². The molecule has 2 aromatic heterocycles. The second-order valence-electron chi connectivity index (χ2n) is 4.57. The first kappa shape index (κ1) is 15.2. The van der Waals surface area contributed by atoms with Crippen molar-refractivity contribution in [3.63, 3.8) is 0 Å². The topological polar surface area (TPSA) is 47.8 Å². The smallest absolute Gasteiger partial charge is 0.335 e. The highest BCUT2D eigenvalue weighted by atomic mass is 19.4. The van der Waals surface area contributed by atoms with Gasteiger partial charge in [-0.1, -0.05) is 6.92 Å². The van der Waals surface area contributed by atoms with E-state index >= 15 is 0 Å². The van der Waals surface area contributed by atoms with Crippen molar-refractivity contribution in [3.05, 3.63) is 47.8 Å². The van der Waals surface area contributed by atoms with Gasteiger partial charge in [-0.3, -0.25) is 9.78 Å². The summed E-state index contributed by atoms with van der Waals surface area (Å²) in [5.41, 5.74) is -0.861. The number of aryl methyl sites for hydroxylation is 1. The van der Waals surface area contributed by atoms with Gasteiger partial charge in [-0.25, -0.2) is 4.98 Å². The Morgan fingerprint density at radius 1 is 1.29 bits per heavy atom. The summed E-state index contributed by atoms with van der Waals surface area (Å²) in [4.78, 5) is 19.7. The molecule has 0 aliphatic carbocycles. The molecule has 2 aromatic rings. The van der Waals surface area contributed by atoms with Gasteiger partial charge in [0, 0.05) is 25.1 Å². The molecule has 2 heterocycles. The molecule has 7 heteroatoms. The summed E-state index contributed by atoms with van der Waals surface area (Å²) in [6.45, 7) is 2.74. The molecule has 0 amide bonds. The maximum absolute atomic E-state index is 12.4. The number of halogens is 3. The van der Waals surface area contributed by atoms with Gasteiger partial charge in [0.2, 0.25) is 0 Å². The SMILES string of the molecule is CCCn1ccnc1CC(=O)c1ccc(C(F)(F)F)cn1. The van der Waals surface area contributed by atoms with Crippen LogP contribution in [0.15, 0.2) is 30.7 Å². The molecule has 0 saturated carbocycles. The number of rotatable bonds is 5. The normalized spacial score (nSPS) is 11.6. The van der Waals surface area contributed by atoms with Crippen molar-refractivity contribution in [3.8, 4) is 0 Å². The van der Waals surface area contributed by atoms with Gasteiger partial charge in [0.15, 0.2) is 5.78 Å². The van der Waals surface area contributed by atoms with Gasteiger partial charge in [0.05, 0.1) is 12.0 Å². The molecule has 0 aliphatic rings.